The van der Waals surface area contributed by atoms with E-state index in [1.807, 2.05) is 6.92 Å². The lowest BCUT2D eigenvalue weighted by atomic mass is 10.1. The van der Waals surface area contributed by atoms with Gasteiger partial charge in [0.05, 0.1) is 16.7 Å². The van der Waals surface area contributed by atoms with Gasteiger partial charge >= 0.3 is 0 Å². The Kier molecular flexibility index (Phi) is 2.05. The van der Waals surface area contributed by atoms with Gasteiger partial charge in [0.1, 0.15) is 5.00 Å². The summed E-state index contributed by atoms with van der Waals surface area (Å²) < 4.78 is 0. The number of rotatable bonds is 0. The van der Waals surface area contributed by atoms with E-state index in [0.29, 0.717) is 6.42 Å². The number of hydrogen-bond acceptors (Lipinski definition) is 4. The van der Waals surface area contributed by atoms with Crippen molar-refractivity contribution in [1.82, 2.24) is 4.98 Å². The smallest absolute Gasteiger partial charge is 0.241 e. The number of amides is 1. The predicted molar refractivity (Wildman–Crippen MR) is 51.8 cm³/mol. The van der Waals surface area contributed by atoms with Crippen molar-refractivity contribution in [1.29, 1.82) is 0 Å². The van der Waals surface area contributed by atoms with Crippen LogP contribution in [-0.4, -0.2) is 16.9 Å². The number of nitrogens with zero attached hydrogens (tertiary/aromatic N) is 1. The molecule has 1 aliphatic heterocycles. The molecule has 0 aliphatic carbocycles. The Labute approximate surface area is 80.2 Å². The Morgan fingerprint density at radius 1 is 1.69 bits per heavy atom. The third-order valence-corrected chi connectivity index (χ3v) is 3.00. The van der Waals surface area contributed by atoms with Crippen molar-refractivity contribution in [2.45, 2.75) is 25.8 Å². The van der Waals surface area contributed by atoms with Crippen LogP contribution in [0.4, 0.5) is 5.00 Å². The molecule has 2 rings (SSSR count). The molecular formula is C8H11N3OS. The van der Waals surface area contributed by atoms with Crippen LogP contribution in [0.15, 0.2) is 0 Å². The number of carbonyl (C=O) groups excluding carboxylic acids is 1. The maximum atomic E-state index is 11.3. The van der Waals surface area contributed by atoms with Crippen LogP contribution < -0.4 is 11.1 Å². The van der Waals surface area contributed by atoms with E-state index in [1.165, 1.54) is 11.3 Å². The highest BCUT2D eigenvalue weighted by Crippen LogP contribution is 2.27. The first-order chi connectivity index (χ1) is 6.16. The van der Waals surface area contributed by atoms with Crippen LogP contribution in [-0.2, 0) is 11.2 Å². The first-order valence-corrected chi connectivity index (χ1v) is 5.01. The highest BCUT2D eigenvalue weighted by molar-refractivity contribution is 7.16. The van der Waals surface area contributed by atoms with Crippen molar-refractivity contribution in [2.75, 3.05) is 5.32 Å². The summed E-state index contributed by atoms with van der Waals surface area (Å²) in [6, 6.07) is -0.387. The number of carbonyl (C=O) groups is 1. The number of aromatic nitrogens is 1. The maximum Gasteiger partial charge on any atom is 0.241 e. The van der Waals surface area contributed by atoms with Gasteiger partial charge in [0.15, 0.2) is 0 Å². The van der Waals surface area contributed by atoms with E-state index in [1.54, 1.807) is 0 Å². The quantitative estimate of drug-likeness (QED) is 0.642. The number of anilines is 1. The normalized spacial score (nSPS) is 22.0. The zero-order chi connectivity index (χ0) is 9.42. The van der Waals surface area contributed by atoms with Crippen LogP contribution in [0.3, 0.4) is 0 Å². The SMILES string of the molecule is Cc1nc2c(s1)NC(=O)C(N)CC2. The molecule has 1 atom stereocenters. The fourth-order valence-corrected chi connectivity index (χ4v) is 2.23. The molecule has 0 bridgehead atoms. The first kappa shape index (κ1) is 8.65. The number of fused-ring (bicyclic) bond motifs is 1. The zero-order valence-corrected chi connectivity index (χ0v) is 8.15. The number of nitrogens with two attached hydrogens (primary N) is 1. The second kappa shape index (κ2) is 3.08. The molecule has 0 saturated carbocycles. The zero-order valence-electron chi connectivity index (χ0n) is 7.33. The van der Waals surface area contributed by atoms with Crippen molar-refractivity contribution in [3.63, 3.8) is 0 Å². The fraction of sp³-hybridized carbons (Fsp3) is 0.500. The predicted octanol–water partition coefficient (Wildman–Crippen LogP) is 0.664. The Hall–Kier alpha value is -0.940. The van der Waals surface area contributed by atoms with Gasteiger partial charge in [-0.1, -0.05) is 0 Å². The molecule has 1 aromatic heterocycles. The molecule has 13 heavy (non-hydrogen) atoms. The van der Waals surface area contributed by atoms with Crippen LogP contribution in [0.25, 0.3) is 0 Å². The first-order valence-electron chi connectivity index (χ1n) is 4.19. The lowest BCUT2D eigenvalue weighted by Crippen LogP contribution is -2.34. The van der Waals surface area contributed by atoms with Gasteiger partial charge in [0.25, 0.3) is 0 Å². The lowest BCUT2D eigenvalue weighted by Gasteiger charge is -2.04. The molecule has 5 heteroatoms. The molecule has 0 radical (unpaired) electrons. The van der Waals surface area contributed by atoms with Gasteiger partial charge in [-0.3, -0.25) is 4.79 Å². The van der Waals surface area contributed by atoms with Gasteiger partial charge in [-0.2, -0.15) is 0 Å². The van der Waals surface area contributed by atoms with Crippen molar-refractivity contribution in [2.24, 2.45) is 5.73 Å². The average Bonchev–Trinajstić information content (AvgIpc) is 2.36. The van der Waals surface area contributed by atoms with E-state index in [2.05, 4.69) is 10.3 Å². The van der Waals surface area contributed by atoms with Crippen LogP contribution >= 0.6 is 11.3 Å². The minimum atomic E-state index is -0.387. The Morgan fingerprint density at radius 3 is 3.23 bits per heavy atom. The molecule has 0 aromatic carbocycles. The summed E-state index contributed by atoms with van der Waals surface area (Å²) in [6.07, 6.45) is 1.47. The summed E-state index contributed by atoms with van der Waals surface area (Å²) >= 11 is 1.51. The third-order valence-electron chi connectivity index (χ3n) is 2.07. The number of hydrogen-bond donors (Lipinski definition) is 2. The molecule has 1 aromatic rings. The highest BCUT2D eigenvalue weighted by Gasteiger charge is 2.22. The summed E-state index contributed by atoms with van der Waals surface area (Å²) in [5, 5.41) is 4.64. The number of nitrogens with one attached hydrogen (secondary N) is 1. The summed E-state index contributed by atoms with van der Waals surface area (Å²) in [7, 11) is 0. The molecule has 3 N–H and O–H groups in total. The summed E-state index contributed by atoms with van der Waals surface area (Å²) in [6.45, 7) is 1.94. The second-order valence-electron chi connectivity index (χ2n) is 3.14. The Bertz CT molecular complexity index is 347. The molecule has 70 valence electrons. The molecule has 1 amide bonds. The fourth-order valence-electron chi connectivity index (χ4n) is 1.37. The summed E-state index contributed by atoms with van der Waals surface area (Å²) in [4.78, 5) is 15.7. The van der Waals surface area contributed by atoms with Crippen LogP contribution in [0.1, 0.15) is 17.1 Å². The van der Waals surface area contributed by atoms with Crippen LogP contribution in [0.2, 0.25) is 0 Å². The van der Waals surface area contributed by atoms with E-state index in [9.17, 15) is 4.79 Å². The van der Waals surface area contributed by atoms with E-state index in [0.717, 1.165) is 22.1 Å². The van der Waals surface area contributed by atoms with Crippen LogP contribution in [0.5, 0.6) is 0 Å². The molecule has 1 unspecified atom stereocenters. The monoisotopic (exact) mass is 197 g/mol. The van der Waals surface area contributed by atoms with E-state index >= 15 is 0 Å². The van der Waals surface area contributed by atoms with Crippen molar-refractivity contribution in [3.05, 3.63) is 10.7 Å². The van der Waals surface area contributed by atoms with Crippen LogP contribution in [0, 0.1) is 6.92 Å². The van der Waals surface area contributed by atoms with Gasteiger partial charge < -0.3 is 11.1 Å². The number of thiazole rings is 1. The number of aryl methyl sites for hydroxylation is 2. The Balaban J connectivity index is 2.33. The Morgan fingerprint density at radius 2 is 2.46 bits per heavy atom. The lowest BCUT2D eigenvalue weighted by molar-refractivity contribution is -0.117. The third kappa shape index (κ3) is 1.57. The molecular weight excluding hydrogens is 186 g/mol. The van der Waals surface area contributed by atoms with Gasteiger partial charge in [-0.25, -0.2) is 4.98 Å². The maximum absolute atomic E-state index is 11.3. The molecule has 0 spiro atoms. The minimum absolute atomic E-state index is 0.0950. The molecule has 1 aliphatic rings. The van der Waals surface area contributed by atoms with Gasteiger partial charge in [-0.15, -0.1) is 11.3 Å². The molecule has 0 saturated heterocycles. The van der Waals surface area contributed by atoms with E-state index in [4.69, 9.17) is 5.73 Å². The van der Waals surface area contributed by atoms with E-state index < -0.39 is 0 Å². The van der Waals surface area contributed by atoms with Gasteiger partial charge in [0, 0.05) is 0 Å². The molecule has 0 fully saturated rings. The minimum Gasteiger partial charge on any atom is -0.320 e. The molecule has 2 heterocycles. The average molecular weight is 197 g/mol. The largest absolute Gasteiger partial charge is 0.320 e. The summed E-state index contributed by atoms with van der Waals surface area (Å²) in [5.74, 6) is -0.0950. The van der Waals surface area contributed by atoms with E-state index in [-0.39, 0.29) is 11.9 Å². The molecule has 4 nitrogen and oxygen atoms in total. The van der Waals surface area contributed by atoms with Crippen molar-refractivity contribution >= 4 is 22.2 Å². The highest BCUT2D eigenvalue weighted by atomic mass is 32.1. The van der Waals surface area contributed by atoms with Gasteiger partial charge in [-0.05, 0) is 19.8 Å². The summed E-state index contributed by atoms with van der Waals surface area (Å²) in [5.41, 5.74) is 6.60. The second-order valence-corrected chi connectivity index (χ2v) is 4.35. The van der Waals surface area contributed by atoms with Crippen molar-refractivity contribution < 1.29 is 4.79 Å². The standard InChI is InChI=1S/C8H11N3OS/c1-4-10-6-3-2-5(9)7(12)11-8(6)13-4/h5H,2-3,9H2,1H3,(H,11,12). The van der Waals surface area contributed by atoms with Crippen molar-refractivity contribution in [3.8, 4) is 0 Å². The van der Waals surface area contributed by atoms with Gasteiger partial charge in [0.2, 0.25) is 5.91 Å². The topological polar surface area (TPSA) is 68.0 Å².